The minimum absolute atomic E-state index is 0. The van der Waals surface area contributed by atoms with E-state index >= 15 is 0 Å². The van der Waals surface area contributed by atoms with Gasteiger partial charge in [-0.05, 0) is 18.7 Å². The van der Waals surface area contributed by atoms with Crippen molar-refractivity contribution in [2.75, 3.05) is 13.1 Å². The van der Waals surface area contributed by atoms with Crippen molar-refractivity contribution < 1.29 is 47.1 Å². The van der Waals surface area contributed by atoms with E-state index in [1.807, 2.05) is 0 Å². The summed E-state index contributed by atoms with van der Waals surface area (Å²) in [6.07, 6.45) is 5.04. The van der Waals surface area contributed by atoms with Crippen molar-refractivity contribution in [2.45, 2.75) is 0 Å². The number of aliphatic hydroxyl groups excluding tert-OH is 1. The topological polar surface area (TPSA) is 149 Å². The number of aliphatic hydroxyl groups is 1. The molecule has 0 aromatic rings. The number of carboxylic acids is 1. The van der Waals surface area contributed by atoms with E-state index in [0.717, 1.165) is 6.08 Å². The molecule has 8 nitrogen and oxygen atoms in total. The Labute approximate surface area is 125 Å². The van der Waals surface area contributed by atoms with Crippen molar-refractivity contribution in [3.8, 4) is 0 Å². The van der Waals surface area contributed by atoms with Crippen LogP contribution in [0.5, 0.6) is 0 Å². The van der Waals surface area contributed by atoms with Crippen LogP contribution in [0.15, 0.2) is 35.8 Å². The van der Waals surface area contributed by atoms with Gasteiger partial charge in [-0.3, -0.25) is 9.59 Å². The minimum Gasteiger partial charge on any atom is -0.643 e. The van der Waals surface area contributed by atoms with Crippen molar-refractivity contribution in [2.24, 2.45) is 0 Å². The molecular formula is C11H13CuN2O6. The molecule has 1 aliphatic rings. The Balaban J connectivity index is 0. The number of allylic oxidation sites excluding steroid dienone is 3. The second-order valence-corrected chi connectivity index (χ2v) is 3.35. The third-order valence-electron chi connectivity index (χ3n) is 1.90. The molecule has 1 rings (SSSR count). The van der Waals surface area contributed by atoms with E-state index in [0.29, 0.717) is 5.57 Å². The van der Waals surface area contributed by atoms with Crippen molar-refractivity contribution >= 4 is 17.7 Å². The van der Waals surface area contributed by atoms with Gasteiger partial charge in [-0.2, -0.15) is 0 Å². The van der Waals surface area contributed by atoms with Crippen molar-refractivity contribution in [1.29, 1.82) is 0 Å². The summed E-state index contributed by atoms with van der Waals surface area (Å²) in [5.74, 6) is -2.33. The monoisotopic (exact) mass is 332 g/mol. The molecule has 0 saturated heterocycles. The Morgan fingerprint density at radius 1 is 1.35 bits per heavy atom. The van der Waals surface area contributed by atoms with Crippen LogP contribution in [0.1, 0.15) is 0 Å². The largest absolute Gasteiger partial charge is 1.00 e. The van der Waals surface area contributed by atoms with Crippen LogP contribution >= 0.6 is 0 Å². The van der Waals surface area contributed by atoms with Crippen LogP contribution in [-0.4, -0.2) is 46.4 Å². The van der Waals surface area contributed by atoms with E-state index in [2.05, 4.69) is 10.6 Å². The van der Waals surface area contributed by atoms with Gasteiger partial charge in [0.2, 0.25) is 0 Å². The zero-order valence-electron chi connectivity index (χ0n) is 10.1. The Kier molecular flexibility index (Phi) is 9.90. The number of carbonyl (C=O) groups is 3. The second-order valence-electron chi connectivity index (χ2n) is 3.35. The van der Waals surface area contributed by atoms with E-state index in [1.54, 1.807) is 0 Å². The summed E-state index contributed by atoms with van der Waals surface area (Å²) in [4.78, 5) is 32.0. The number of nitrogens with one attached hydrogen (secondary N) is 1. The SMILES string of the molecule is O.O=C1C=C/C(=C/NCC(=O)[N-]CC(=O)O)C(O)=C1.[Cu+]. The second kappa shape index (κ2) is 9.79. The van der Waals surface area contributed by atoms with Gasteiger partial charge in [-0.25, -0.2) is 0 Å². The summed E-state index contributed by atoms with van der Waals surface area (Å²) in [7, 11) is 0. The molecule has 0 aliphatic heterocycles. The van der Waals surface area contributed by atoms with Crippen LogP contribution in [0.4, 0.5) is 0 Å². The number of hydrogen-bond acceptors (Lipinski definition) is 5. The molecule has 0 radical (unpaired) electrons. The molecule has 1 aliphatic carbocycles. The zero-order valence-corrected chi connectivity index (χ0v) is 11.0. The number of amides is 1. The van der Waals surface area contributed by atoms with Crippen LogP contribution in [0.3, 0.4) is 0 Å². The van der Waals surface area contributed by atoms with E-state index in [9.17, 15) is 19.5 Å². The Morgan fingerprint density at radius 2 is 2.00 bits per heavy atom. The number of ketones is 1. The maximum Gasteiger partial charge on any atom is 1.00 e. The third-order valence-corrected chi connectivity index (χ3v) is 1.90. The smallest absolute Gasteiger partial charge is 0.643 e. The Bertz CT molecular complexity index is 470. The van der Waals surface area contributed by atoms with Gasteiger partial charge >= 0.3 is 17.1 Å². The number of aliphatic carboxylic acids is 1. The summed E-state index contributed by atoms with van der Waals surface area (Å²) >= 11 is 0. The first-order chi connectivity index (χ1) is 8.49. The van der Waals surface area contributed by atoms with Gasteiger partial charge in [0, 0.05) is 17.8 Å². The first kappa shape index (κ1) is 20.2. The molecule has 1 amide bonds. The number of nitrogens with zero attached hydrogens (tertiary/aromatic N) is 1. The summed E-state index contributed by atoms with van der Waals surface area (Å²) in [5, 5.41) is 23.5. The first-order valence-electron chi connectivity index (χ1n) is 4.98. The molecular weight excluding hydrogens is 320 g/mol. The van der Waals surface area contributed by atoms with Crippen molar-refractivity contribution in [3.63, 3.8) is 0 Å². The maximum absolute atomic E-state index is 11.1. The van der Waals surface area contributed by atoms with Gasteiger partial charge in [0.05, 0.1) is 12.5 Å². The van der Waals surface area contributed by atoms with E-state index < -0.39 is 18.4 Å². The van der Waals surface area contributed by atoms with E-state index in [4.69, 9.17) is 5.11 Å². The fourth-order valence-electron chi connectivity index (χ4n) is 1.11. The third kappa shape index (κ3) is 7.37. The number of carbonyl (C=O) groups excluding carboxylic acids is 2. The number of carboxylic acid groups (broad SMARTS) is 1. The van der Waals surface area contributed by atoms with Crippen LogP contribution in [0.2, 0.25) is 0 Å². The Morgan fingerprint density at radius 3 is 2.55 bits per heavy atom. The summed E-state index contributed by atoms with van der Waals surface area (Å²) in [6.45, 7) is -0.761. The molecule has 9 heteroatoms. The number of hydrogen-bond donors (Lipinski definition) is 3. The van der Waals surface area contributed by atoms with E-state index in [-0.39, 0.29) is 40.6 Å². The molecule has 0 aromatic heterocycles. The average Bonchev–Trinajstić information content (AvgIpc) is 2.29. The molecule has 0 aromatic carbocycles. The molecule has 0 atom stereocenters. The van der Waals surface area contributed by atoms with Crippen LogP contribution in [0, 0.1) is 0 Å². The minimum atomic E-state index is -1.18. The molecule has 0 fully saturated rings. The summed E-state index contributed by atoms with van der Waals surface area (Å²) in [5.41, 5.74) is 0.348. The average molecular weight is 333 g/mol. The van der Waals surface area contributed by atoms with Gasteiger partial charge in [0.25, 0.3) is 5.97 Å². The fourth-order valence-corrected chi connectivity index (χ4v) is 1.11. The van der Waals surface area contributed by atoms with Crippen LogP contribution in [0.25, 0.3) is 5.32 Å². The molecule has 5 N–H and O–H groups in total. The Hall–Kier alpha value is -2.09. The summed E-state index contributed by atoms with van der Waals surface area (Å²) < 4.78 is 0. The normalized spacial score (nSPS) is 14.7. The molecule has 0 spiro atoms. The van der Waals surface area contributed by atoms with Gasteiger partial charge in [-0.1, -0.05) is 0 Å². The molecule has 114 valence electrons. The van der Waals surface area contributed by atoms with Gasteiger partial charge < -0.3 is 31.1 Å². The molecule has 0 heterocycles. The quantitative estimate of drug-likeness (QED) is 0.561. The van der Waals surface area contributed by atoms with Crippen molar-refractivity contribution in [1.82, 2.24) is 5.32 Å². The number of rotatable bonds is 5. The molecule has 20 heavy (non-hydrogen) atoms. The zero-order chi connectivity index (χ0) is 13.5. The van der Waals surface area contributed by atoms with Crippen molar-refractivity contribution in [3.05, 3.63) is 41.1 Å². The molecule has 0 saturated carbocycles. The molecule has 0 unspecified atom stereocenters. The fraction of sp³-hybridized carbons (Fsp3) is 0.182. The van der Waals surface area contributed by atoms with Gasteiger partial charge in [0.1, 0.15) is 5.76 Å². The van der Waals surface area contributed by atoms with Gasteiger partial charge in [-0.15, -0.1) is 0 Å². The van der Waals surface area contributed by atoms with Crippen LogP contribution in [-0.2, 0) is 31.5 Å². The summed E-state index contributed by atoms with van der Waals surface area (Å²) in [6, 6.07) is 0. The van der Waals surface area contributed by atoms with E-state index in [1.165, 1.54) is 18.4 Å². The first-order valence-corrected chi connectivity index (χ1v) is 4.98. The predicted octanol–water partition coefficient (Wildman–Crippen LogP) is -0.802. The maximum atomic E-state index is 11.1. The predicted molar refractivity (Wildman–Crippen MR) is 65.4 cm³/mol. The van der Waals surface area contributed by atoms with Gasteiger partial charge in [0.15, 0.2) is 5.78 Å². The standard InChI is InChI=1S/C11H12N2O5.Cu.H2O/c14-8-2-1-7(9(15)3-8)4-12-5-10(16)13-6-11(17)18;;/h1-4H,5-6H2,(H4,12,13,14,15,16,17,18);;1H2/q;+1;/p-1. The molecule has 0 bridgehead atoms. The van der Waals surface area contributed by atoms with Crippen LogP contribution < -0.4 is 5.32 Å².